The smallest absolute Gasteiger partial charge is 0.352 e. The quantitative estimate of drug-likeness (QED) is 0.286. The van der Waals surface area contributed by atoms with Crippen molar-refractivity contribution >= 4 is 33.5 Å². The van der Waals surface area contributed by atoms with Crippen LogP contribution in [0.2, 0.25) is 0 Å². The molecule has 0 aliphatic carbocycles. The highest BCUT2D eigenvalue weighted by Crippen LogP contribution is 2.36. The van der Waals surface area contributed by atoms with E-state index >= 15 is 0 Å². The minimum absolute atomic E-state index is 0.169. The van der Waals surface area contributed by atoms with Gasteiger partial charge in [0.1, 0.15) is 0 Å². The first kappa shape index (κ1) is 21.5. The topological polar surface area (TPSA) is 61.8 Å². The predicted molar refractivity (Wildman–Crippen MR) is 123 cm³/mol. The van der Waals surface area contributed by atoms with E-state index in [2.05, 4.69) is 6.07 Å². The van der Waals surface area contributed by atoms with Gasteiger partial charge in [-0.05, 0) is 40.1 Å². The molecule has 0 radical (unpaired) electrons. The van der Waals surface area contributed by atoms with E-state index in [4.69, 9.17) is 14.2 Å². The molecule has 5 nitrogen and oxygen atoms in total. The van der Waals surface area contributed by atoms with Crippen molar-refractivity contribution in [2.45, 2.75) is 19.1 Å². The molecule has 0 N–H and O–H groups in total. The standard InChI is InChI=1S/C27H24O5/c1-3-31-26(28)25(32-27(29)24(30-2)18-11-5-4-6-12-18)23-21-15-9-7-13-19(21)17-20-14-8-10-16-22(20)23/h4-17,24-25H,3H2,1-2H3/t24-,25+/m1/s1. The number of rotatable bonds is 7. The van der Waals surface area contributed by atoms with E-state index in [1.807, 2.05) is 66.7 Å². The number of carbonyl (C=O) groups is 2. The Labute approximate surface area is 186 Å². The van der Waals surface area contributed by atoms with Gasteiger partial charge in [-0.15, -0.1) is 0 Å². The van der Waals surface area contributed by atoms with Crippen LogP contribution in [0.1, 0.15) is 30.3 Å². The van der Waals surface area contributed by atoms with Gasteiger partial charge in [0.2, 0.25) is 6.10 Å². The Morgan fingerprint density at radius 3 is 1.88 bits per heavy atom. The van der Waals surface area contributed by atoms with Crippen LogP contribution in [0, 0.1) is 0 Å². The third-order valence-corrected chi connectivity index (χ3v) is 5.36. The maximum Gasteiger partial charge on any atom is 0.352 e. The first-order valence-corrected chi connectivity index (χ1v) is 10.5. The summed E-state index contributed by atoms with van der Waals surface area (Å²) in [5, 5.41) is 3.53. The fourth-order valence-corrected chi connectivity index (χ4v) is 3.95. The van der Waals surface area contributed by atoms with Gasteiger partial charge in [0.25, 0.3) is 0 Å². The molecule has 4 rings (SSSR count). The van der Waals surface area contributed by atoms with Crippen molar-refractivity contribution in [3.05, 3.63) is 96.1 Å². The van der Waals surface area contributed by atoms with Crippen LogP contribution in [0.25, 0.3) is 21.5 Å². The maximum atomic E-state index is 13.2. The number of methoxy groups -OCH3 is 1. The van der Waals surface area contributed by atoms with Crippen LogP contribution in [0.5, 0.6) is 0 Å². The molecule has 0 unspecified atom stereocenters. The van der Waals surface area contributed by atoms with Crippen molar-refractivity contribution in [3.8, 4) is 0 Å². The molecule has 0 aliphatic rings. The second-order valence-corrected chi connectivity index (χ2v) is 7.33. The summed E-state index contributed by atoms with van der Waals surface area (Å²) in [6.45, 7) is 1.89. The highest BCUT2D eigenvalue weighted by molar-refractivity contribution is 6.05. The van der Waals surface area contributed by atoms with Crippen molar-refractivity contribution in [1.82, 2.24) is 0 Å². The summed E-state index contributed by atoms with van der Waals surface area (Å²) in [7, 11) is 1.44. The van der Waals surface area contributed by atoms with E-state index in [0.717, 1.165) is 21.5 Å². The largest absolute Gasteiger partial charge is 0.463 e. The lowest BCUT2D eigenvalue weighted by molar-refractivity contribution is -0.175. The van der Waals surface area contributed by atoms with Crippen LogP contribution in [-0.2, 0) is 23.8 Å². The molecular weight excluding hydrogens is 404 g/mol. The molecule has 162 valence electrons. The Hall–Kier alpha value is -3.70. The molecule has 0 saturated heterocycles. The monoisotopic (exact) mass is 428 g/mol. The highest BCUT2D eigenvalue weighted by atomic mass is 16.6. The van der Waals surface area contributed by atoms with Gasteiger partial charge in [-0.1, -0.05) is 78.9 Å². The molecule has 2 atom stereocenters. The average molecular weight is 428 g/mol. The summed E-state index contributed by atoms with van der Waals surface area (Å²) in [6, 6.07) is 26.5. The molecule has 0 saturated carbocycles. The molecule has 0 spiro atoms. The minimum Gasteiger partial charge on any atom is -0.463 e. The fraction of sp³-hybridized carbons (Fsp3) is 0.185. The van der Waals surface area contributed by atoms with Gasteiger partial charge in [-0.3, -0.25) is 0 Å². The van der Waals surface area contributed by atoms with Gasteiger partial charge in [0.15, 0.2) is 6.10 Å². The summed E-state index contributed by atoms with van der Waals surface area (Å²) >= 11 is 0. The molecule has 0 aromatic heterocycles. The van der Waals surface area contributed by atoms with E-state index in [-0.39, 0.29) is 6.61 Å². The van der Waals surface area contributed by atoms with E-state index in [1.54, 1.807) is 19.1 Å². The molecule has 4 aromatic carbocycles. The number of hydrogen-bond acceptors (Lipinski definition) is 5. The second kappa shape index (κ2) is 9.62. The number of hydrogen-bond donors (Lipinski definition) is 0. The van der Waals surface area contributed by atoms with Gasteiger partial charge in [-0.25, -0.2) is 9.59 Å². The Morgan fingerprint density at radius 1 is 0.750 bits per heavy atom. The lowest BCUT2D eigenvalue weighted by Crippen LogP contribution is -2.26. The van der Waals surface area contributed by atoms with Crippen LogP contribution in [-0.4, -0.2) is 25.7 Å². The SMILES string of the molecule is CCOC(=O)[C@@H](OC(=O)[C@H](OC)c1ccccc1)c1c2ccccc2cc2ccccc12. The van der Waals surface area contributed by atoms with Crippen molar-refractivity contribution < 1.29 is 23.8 Å². The first-order chi connectivity index (χ1) is 15.6. The van der Waals surface area contributed by atoms with Gasteiger partial charge in [0, 0.05) is 12.7 Å². The van der Waals surface area contributed by atoms with E-state index < -0.39 is 24.1 Å². The Morgan fingerprint density at radius 2 is 1.31 bits per heavy atom. The molecule has 0 heterocycles. The van der Waals surface area contributed by atoms with E-state index in [1.165, 1.54) is 7.11 Å². The molecule has 32 heavy (non-hydrogen) atoms. The van der Waals surface area contributed by atoms with Crippen LogP contribution >= 0.6 is 0 Å². The number of esters is 2. The van der Waals surface area contributed by atoms with Gasteiger partial charge < -0.3 is 14.2 Å². The third kappa shape index (κ3) is 4.20. The molecule has 5 heteroatoms. The summed E-state index contributed by atoms with van der Waals surface area (Å²) in [5.74, 6) is -1.28. The maximum absolute atomic E-state index is 13.2. The number of carbonyl (C=O) groups excluding carboxylic acids is 2. The fourth-order valence-electron chi connectivity index (χ4n) is 3.95. The number of fused-ring (bicyclic) bond motifs is 2. The molecule has 0 fully saturated rings. The molecule has 4 aromatic rings. The van der Waals surface area contributed by atoms with Crippen LogP contribution < -0.4 is 0 Å². The Kier molecular flexibility index (Phi) is 6.47. The van der Waals surface area contributed by atoms with Crippen molar-refractivity contribution in [3.63, 3.8) is 0 Å². The van der Waals surface area contributed by atoms with Crippen molar-refractivity contribution in [2.24, 2.45) is 0 Å². The Balaban J connectivity index is 1.85. The molecule has 0 amide bonds. The number of ether oxygens (including phenoxy) is 3. The summed E-state index contributed by atoms with van der Waals surface area (Å²) < 4.78 is 16.6. The van der Waals surface area contributed by atoms with E-state index in [9.17, 15) is 9.59 Å². The molecule has 0 bridgehead atoms. The zero-order valence-electron chi connectivity index (χ0n) is 18.0. The average Bonchev–Trinajstić information content (AvgIpc) is 2.82. The van der Waals surface area contributed by atoms with Crippen LogP contribution in [0.3, 0.4) is 0 Å². The lowest BCUT2D eigenvalue weighted by atomic mass is 9.93. The van der Waals surface area contributed by atoms with Crippen LogP contribution in [0.4, 0.5) is 0 Å². The summed E-state index contributed by atoms with van der Waals surface area (Å²) in [6.07, 6.45) is -2.20. The van der Waals surface area contributed by atoms with Crippen molar-refractivity contribution in [1.29, 1.82) is 0 Å². The summed E-state index contributed by atoms with van der Waals surface area (Å²) in [4.78, 5) is 26.3. The lowest BCUT2D eigenvalue weighted by Gasteiger charge is -2.23. The predicted octanol–water partition coefficient (Wildman–Crippen LogP) is 5.53. The van der Waals surface area contributed by atoms with Gasteiger partial charge in [0.05, 0.1) is 6.61 Å². The molecular formula is C27H24O5. The van der Waals surface area contributed by atoms with Crippen LogP contribution in [0.15, 0.2) is 84.9 Å². The van der Waals surface area contributed by atoms with E-state index in [0.29, 0.717) is 11.1 Å². The second-order valence-electron chi connectivity index (χ2n) is 7.33. The molecule has 0 aliphatic heterocycles. The van der Waals surface area contributed by atoms with Gasteiger partial charge >= 0.3 is 11.9 Å². The first-order valence-electron chi connectivity index (χ1n) is 10.5. The third-order valence-electron chi connectivity index (χ3n) is 5.36. The zero-order valence-corrected chi connectivity index (χ0v) is 18.0. The summed E-state index contributed by atoms with van der Waals surface area (Å²) in [5.41, 5.74) is 1.25. The van der Waals surface area contributed by atoms with Gasteiger partial charge in [-0.2, -0.15) is 0 Å². The minimum atomic E-state index is -1.24. The number of benzene rings is 4. The normalized spacial score (nSPS) is 12.9. The zero-order chi connectivity index (χ0) is 22.5. The highest BCUT2D eigenvalue weighted by Gasteiger charge is 2.33. The Bertz CT molecular complexity index is 1190. The van der Waals surface area contributed by atoms with Crippen molar-refractivity contribution in [2.75, 3.05) is 13.7 Å².